The Kier molecular flexibility index (Phi) is 7.04. The van der Waals surface area contributed by atoms with Crippen LogP contribution in [-0.2, 0) is 9.59 Å². The van der Waals surface area contributed by atoms with Crippen molar-refractivity contribution in [3.05, 3.63) is 88.5 Å². The molecule has 1 aliphatic rings. The molecule has 1 fully saturated rings. The van der Waals surface area contributed by atoms with Crippen molar-refractivity contribution < 1.29 is 42.1 Å². The molecule has 1 N–H and O–H groups in total. The van der Waals surface area contributed by atoms with Crippen LogP contribution in [0.4, 0.5) is 18.9 Å². The monoisotopic (exact) mass is 533 g/mol. The van der Waals surface area contributed by atoms with Crippen molar-refractivity contribution >= 4 is 34.7 Å². The van der Waals surface area contributed by atoms with Crippen LogP contribution in [0.5, 0.6) is 17.2 Å². The van der Waals surface area contributed by atoms with Gasteiger partial charge in [-0.2, -0.15) is 0 Å². The van der Waals surface area contributed by atoms with Gasteiger partial charge in [0, 0.05) is 17.3 Å². The molecule has 1 aliphatic heterocycles. The molecule has 7 nitrogen and oxygen atoms in total. The number of rotatable bonds is 6. The number of ether oxygens (including phenoxy) is 3. The first kappa shape index (κ1) is 25.9. The van der Waals surface area contributed by atoms with Crippen molar-refractivity contribution in [1.29, 1.82) is 0 Å². The minimum atomic E-state index is -4.97. The molecule has 1 saturated heterocycles. The molecule has 0 radical (unpaired) electrons. The molecule has 11 heteroatoms. The number of hydrogen-bond donors (Lipinski definition) is 1. The smallest absolute Gasteiger partial charge is 0.507 e. The van der Waals surface area contributed by atoms with Crippen molar-refractivity contribution in [2.24, 2.45) is 0 Å². The van der Waals surface area contributed by atoms with E-state index in [1.807, 2.05) is 0 Å². The van der Waals surface area contributed by atoms with Crippen LogP contribution in [0.2, 0.25) is 5.02 Å². The fourth-order valence-electron chi connectivity index (χ4n) is 4.02. The normalized spacial score (nSPS) is 17.1. The van der Waals surface area contributed by atoms with Gasteiger partial charge in [-0.1, -0.05) is 29.8 Å². The summed E-state index contributed by atoms with van der Waals surface area (Å²) in [6.45, 7) is 0. The third-order valence-corrected chi connectivity index (χ3v) is 5.92. The number of carbonyl (C=O) groups is 2. The highest BCUT2D eigenvalue weighted by molar-refractivity contribution is 6.51. The fourth-order valence-corrected chi connectivity index (χ4v) is 4.21. The molecule has 37 heavy (non-hydrogen) atoms. The molecule has 0 spiro atoms. The number of carbonyl (C=O) groups excluding carboxylic acids is 2. The van der Waals surface area contributed by atoms with Gasteiger partial charge in [-0.3, -0.25) is 14.5 Å². The number of halogens is 4. The molecule has 1 heterocycles. The third-order valence-electron chi connectivity index (χ3n) is 5.61. The predicted molar refractivity (Wildman–Crippen MR) is 129 cm³/mol. The quantitative estimate of drug-likeness (QED) is 0.242. The number of aliphatic hydroxyl groups excluding tert-OH is 1. The van der Waals surface area contributed by atoms with Gasteiger partial charge in [-0.05, 0) is 48.0 Å². The Morgan fingerprint density at radius 1 is 0.946 bits per heavy atom. The summed E-state index contributed by atoms with van der Waals surface area (Å²) >= 11 is 6.08. The van der Waals surface area contributed by atoms with Crippen molar-refractivity contribution in [3.63, 3.8) is 0 Å². The van der Waals surface area contributed by atoms with Crippen LogP contribution < -0.4 is 19.1 Å². The Morgan fingerprint density at radius 3 is 2.32 bits per heavy atom. The summed E-state index contributed by atoms with van der Waals surface area (Å²) in [5, 5.41) is 11.5. The molecule has 1 atom stereocenters. The van der Waals surface area contributed by atoms with Gasteiger partial charge in [-0.15, -0.1) is 13.2 Å². The van der Waals surface area contributed by atoms with E-state index in [-0.39, 0.29) is 27.6 Å². The number of anilines is 1. The second-order valence-corrected chi connectivity index (χ2v) is 8.25. The Bertz CT molecular complexity index is 1410. The van der Waals surface area contributed by atoms with Gasteiger partial charge in [0.05, 0.1) is 30.9 Å². The fraction of sp³-hybridized carbons (Fsp3) is 0.154. The van der Waals surface area contributed by atoms with E-state index in [2.05, 4.69) is 4.74 Å². The minimum absolute atomic E-state index is 0.0515. The zero-order valence-electron chi connectivity index (χ0n) is 19.4. The largest absolute Gasteiger partial charge is 0.573 e. The molecule has 3 aromatic rings. The van der Waals surface area contributed by atoms with E-state index in [0.717, 1.165) is 17.0 Å². The summed E-state index contributed by atoms with van der Waals surface area (Å²) in [6, 6.07) is 14.1. The van der Waals surface area contributed by atoms with Crippen molar-refractivity contribution in [3.8, 4) is 17.2 Å². The Balaban J connectivity index is 1.93. The summed E-state index contributed by atoms with van der Waals surface area (Å²) in [5.74, 6) is -2.59. The number of aliphatic hydroxyl groups is 1. The topological polar surface area (TPSA) is 85.3 Å². The van der Waals surface area contributed by atoms with Crippen molar-refractivity contribution in [2.75, 3.05) is 19.1 Å². The first-order valence-corrected chi connectivity index (χ1v) is 11.1. The summed E-state index contributed by atoms with van der Waals surface area (Å²) in [4.78, 5) is 27.5. The van der Waals surface area contributed by atoms with Gasteiger partial charge in [0.1, 0.15) is 23.0 Å². The number of ketones is 1. The van der Waals surface area contributed by atoms with E-state index in [1.165, 1.54) is 44.6 Å². The number of Topliss-reactive ketones (excluding diaryl/α,β-unsaturated/α-hetero) is 1. The predicted octanol–water partition coefficient (Wildman–Crippen LogP) is 5.88. The van der Waals surface area contributed by atoms with Crippen LogP contribution >= 0.6 is 11.6 Å². The maximum Gasteiger partial charge on any atom is 0.573 e. The van der Waals surface area contributed by atoms with E-state index < -0.39 is 35.6 Å². The average Bonchev–Trinajstić information content (AvgIpc) is 3.13. The molecule has 0 saturated carbocycles. The number of nitrogens with zero attached hydrogens (tertiary/aromatic N) is 1. The number of alkyl halides is 3. The SMILES string of the molecule is COc1cccc(C2/C(=C(\O)c3ccc(Cl)c(OC)c3)C(=O)C(=O)N2c2cccc(OC(F)(F)F)c2)c1. The summed E-state index contributed by atoms with van der Waals surface area (Å²) in [7, 11) is 2.80. The molecule has 0 aliphatic carbocycles. The van der Waals surface area contributed by atoms with E-state index >= 15 is 0 Å². The molecule has 0 bridgehead atoms. The van der Waals surface area contributed by atoms with Crippen molar-refractivity contribution in [2.45, 2.75) is 12.4 Å². The summed E-state index contributed by atoms with van der Waals surface area (Å²) in [6.07, 6.45) is -4.97. The second kappa shape index (κ2) is 10.1. The Labute approximate surface area is 214 Å². The average molecular weight is 534 g/mol. The maximum atomic E-state index is 13.3. The van der Waals surface area contributed by atoms with E-state index in [4.69, 9.17) is 21.1 Å². The molecular weight excluding hydrogens is 515 g/mol. The number of amides is 1. The lowest BCUT2D eigenvalue weighted by Gasteiger charge is -2.26. The number of benzene rings is 3. The lowest BCUT2D eigenvalue weighted by molar-refractivity contribution is -0.274. The highest BCUT2D eigenvalue weighted by Crippen LogP contribution is 2.44. The van der Waals surface area contributed by atoms with Crippen molar-refractivity contribution in [1.82, 2.24) is 0 Å². The maximum absolute atomic E-state index is 13.3. The zero-order chi connectivity index (χ0) is 26.9. The molecular formula is C26H19ClF3NO6. The number of methoxy groups -OCH3 is 2. The summed E-state index contributed by atoms with van der Waals surface area (Å²) in [5.41, 5.74) is 0.165. The van der Waals surface area contributed by atoms with Gasteiger partial charge in [-0.25, -0.2) is 0 Å². The standard InChI is InChI=1S/C26H19ClF3NO6/c1-35-17-7-3-5-14(11-17)22-21(23(32)15-9-10-19(27)20(12-15)36-2)24(33)25(34)31(22)16-6-4-8-18(13-16)37-26(28,29)30/h3-13,22,32H,1-2H3/b23-21+. The molecule has 0 aromatic heterocycles. The lowest BCUT2D eigenvalue weighted by Crippen LogP contribution is -2.29. The molecule has 1 unspecified atom stereocenters. The first-order valence-electron chi connectivity index (χ1n) is 10.7. The van der Waals surface area contributed by atoms with Crippen LogP contribution in [0.15, 0.2) is 72.3 Å². The Morgan fingerprint density at radius 2 is 1.65 bits per heavy atom. The van der Waals surface area contributed by atoms with Crippen LogP contribution in [0, 0.1) is 0 Å². The number of hydrogen-bond acceptors (Lipinski definition) is 6. The van der Waals surface area contributed by atoms with Gasteiger partial charge in [0.15, 0.2) is 0 Å². The highest BCUT2D eigenvalue weighted by atomic mass is 35.5. The highest BCUT2D eigenvalue weighted by Gasteiger charge is 2.47. The van der Waals surface area contributed by atoms with Gasteiger partial charge in [0.2, 0.25) is 0 Å². The van der Waals surface area contributed by atoms with Gasteiger partial charge < -0.3 is 19.3 Å². The molecule has 4 rings (SSSR count). The lowest BCUT2D eigenvalue weighted by atomic mass is 9.95. The van der Waals surface area contributed by atoms with Gasteiger partial charge in [0.25, 0.3) is 11.7 Å². The van der Waals surface area contributed by atoms with Crippen LogP contribution in [0.1, 0.15) is 17.2 Å². The third kappa shape index (κ3) is 5.19. The van der Waals surface area contributed by atoms with Gasteiger partial charge >= 0.3 is 6.36 Å². The molecule has 3 aromatic carbocycles. The second-order valence-electron chi connectivity index (χ2n) is 7.84. The van der Waals surface area contributed by atoms with E-state index in [9.17, 15) is 27.9 Å². The minimum Gasteiger partial charge on any atom is -0.507 e. The molecule has 1 amide bonds. The Hall–Kier alpha value is -4.18. The van der Waals surface area contributed by atoms with Crippen LogP contribution in [0.3, 0.4) is 0 Å². The van der Waals surface area contributed by atoms with Crippen LogP contribution in [0.25, 0.3) is 5.76 Å². The van der Waals surface area contributed by atoms with E-state index in [1.54, 1.807) is 24.3 Å². The molecule has 192 valence electrons. The van der Waals surface area contributed by atoms with Crippen LogP contribution in [-0.4, -0.2) is 37.4 Å². The van der Waals surface area contributed by atoms with E-state index in [0.29, 0.717) is 11.3 Å². The first-order chi connectivity index (χ1) is 17.5. The zero-order valence-corrected chi connectivity index (χ0v) is 20.1. The summed E-state index contributed by atoms with van der Waals surface area (Å²) < 4.78 is 52.9.